The van der Waals surface area contributed by atoms with E-state index in [9.17, 15) is 14.9 Å². The van der Waals surface area contributed by atoms with E-state index in [1.165, 1.54) is 18.2 Å². The molecule has 108 valence electrons. The Balaban J connectivity index is 2.15. The summed E-state index contributed by atoms with van der Waals surface area (Å²) >= 11 is 3.26. The van der Waals surface area contributed by atoms with E-state index in [-0.39, 0.29) is 23.6 Å². The van der Waals surface area contributed by atoms with E-state index < -0.39 is 4.92 Å². The number of rotatable bonds is 4. The van der Waals surface area contributed by atoms with E-state index in [1.807, 2.05) is 0 Å². The molecule has 1 fully saturated rings. The molecule has 20 heavy (non-hydrogen) atoms. The SMILES string of the molecule is CNC1COCC1C(=O)Nc1cc([N+](=O)[O-])ccc1Br. The number of likely N-dealkylation sites (N-methyl/N-ethyl adjacent to an activating group) is 1. The normalized spacial score (nSPS) is 21.7. The van der Waals surface area contributed by atoms with Crippen LogP contribution in [0.5, 0.6) is 0 Å². The van der Waals surface area contributed by atoms with Gasteiger partial charge >= 0.3 is 0 Å². The van der Waals surface area contributed by atoms with Gasteiger partial charge in [-0.05, 0) is 29.0 Å². The van der Waals surface area contributed by atoms with Crippen molar-refractivity contribution in [3.05, 3.63) is 32.8 Å². The monoisotopic (exact) mass is 343 g/mol. The lowest BCUT2D eigenvalue weighted by Crippen LogP contribution is -2.39. The lowest BCUT2D eigenvalue weighted by molar-refractivity contribution is -0.384. The van der Waals surface area contributed by atoms with Crippen molar-refractivity contribution in [2.24, 2.45) is 5.92 Å². The number of amides is 1. The number of benzene rings is 1. The van der Waals surface area contributed by atoms with Gasteiger partial charge in [0.2, 0.25) is 5.91 Å². The van der Waals surface area contributed by atoms with Gasteiger partial charge < -0.3 is 15.4 Å². The molecule has 1 aliphatic heterocycles. The van der Waals surface area contributed by atoms with Crippen LogP contribution in [0.15, 0.2) is 22.7 Å². The fourth-order valence-electron chi connectivity index (χ4n) is 2.05. The fraction of sp³-hybridized carbons (Fsp3) is 0.417. The number of carbonyl (C=O) groups excluding carboxylic acids is 1. The molecule has 7 nitrogen and oxygen atoms in total. The first kappa shape index (κ1) is 14.9. The highest BCUT2D eigenvalue weighted by molar-refractivity contribution is 9.10. The Labute approximate surface area is 124 Å². The molecular weight excluding hydrogens is 330 g/mol. The number of anilines is 1. The number of hydrogen-bond donors (Lipinski definition) is 2. The first-order valence-corrected chi connectivity index (χ1v) is 6.82. The van der Waals surface area contributed by atoms with E-state index in [1.54, 1.807) is 7.05 Å². The van der Waals surface area contributed by atoms with Crippen LogP contribution in [0, 0.1) is 16.0 Å². The molecule has 0 aromatic heterocycles. The Hall–Kier alpha value is -1.51. The number of nitrogens with zero attached hydrogens (tertiary/aromatic N) is 1. The predicted octanol–water partition coefficient (Wildman–Crippen LogP) is 1.53. The molecule has 2 rings (SSSR count). The summed E-state index contributed by atoms with van der Waals surface area (Å²) in [5, 5.41) is 16.5. The summed E-state index contributed by atoms with van der Waals surface area (Å²) in [6, 6.07) is 4.18. The van der Waals surface area contributed by atoms with E-state index in [0.29, 0.717) is 23.4 Å². The average Bonchev–Trinajstić information content (AvgIpc) is 2.89. The van der Waals surface area contributed by atoms with Gasteiger partial charge in [0, 0.05) is 22.6 Å². The maximum atomic E-state index is 12.2. The Morgan fingerprint density at radius 2 is 2.25 bits per heavy atom. The minimum atomic E-state index is -0.503. The molecule has 1 aromatic rings. The third-order valence-corrected chi connectivity index (χ3v) is 3.90. The van der Waals surface area contributed by atoms with Gasteiger partial charge in [-0.1, -0.05) is 0 Å². The van der Waals surface area contributed by atoms with E-state index in [0.717, 1.165) is 0 Å². The van der Waals surface area contributed by atoms with Gasteiger partial charge in [0.25, 0.3) is 5.69 Å². The highest BCUT2D eigenvalue weighted by Crippen LogP contribution is 2.28. The Bertz CT molecular complexity index is 537. The first-order chi connectivity index (χ1) is 9.52. The van der Waals surface area contributed by atoms with Crippen molar-refractivity contribution in [1.29, 1.82) is 0 Å². The van der Waals surface area contributed by atoms with Gasteiger partial charge in [-0.15, -0.1) is 0 Å². The molecular formula is C12H14BrN3O4. The van der Waals surface area contributed by atoms with Crippen LogP contribution < -0.4 is 10.6 Å². The molecule has 1 saturated heterocycles. The van der Waals surface area contributed by atoms with Crippen molar-refractivity contribution < 1.29 is 14.5 Å². The molecule has 0 radical (unpaired) electrons. The van der Waals surface area contributed by atoms with Crippen LogP contribution in [0.4, 0.5) is 11.4 Å². The van der Waals surface area contributed by atoms with Crippen molar-refractivity contribution in [2.75, 3.05) is 25.6 Å². The summed E-state index contributed by atoms with van der Waals surface area (Å²) < 4.78 is 5.86. The zero-order valence-electron chi connectivity index (χ0n) is 10.8. The van der Waals surface area contributed by atoms with Crippen LogP contribution in [0.25, 0.3) is 0 Å². The molecule has 0 spiro atoms. The largest absolute Gasteiger partial charge is 0.379 e. The second-order valence-electron chi connectivity index (χ2n) is 4.45. The number of carbonyl (C=O) groups is 1. The molecule has 0 saturated carbocycles. The summed E-state index contributed by atoms with van der Waals surface area (Å²) in [5.41, 5.74) is 0.308. The van der Waals surface area contributed by atoms with Crippen LogP contribution in [0.3, 0.4) is 0 Å². The number of nitrogens with one attached hydrogen (secondary N) is 2. The van der Waals surface area contributed by atoms with E-state index in [4.69, 9.17) is 4.74 Å². The highest BCUT2D eigenvalue weighted by Gasteiger charge is 2.33. The minimum Gasteiger partial charge on any atom is -0.379 e. The predicted molar refractivity (Wildman–Crippen MR) is 76.6 cm³/mol. The average molecular weight is 344 g/mol. The van der Waals surface area contributed by atoms with Crippen LogP contribution in [-0.2, 0) is 9.53 Å². The summed E-state index contributed by atoms with van der Waals surface area (Å²) in [6.07, 6.45) is 0. The number of nitro benzene ring substituents is 1. The molecule has 0 aliphatic carbocycles. The zero-order chi connectivity index (χ0) is 14.7. The molecule has 2 N–H and O–H groups in total. The molecule has 1 aromatic carbocycles. The van der Waals surface area contributed by atoms with Crippen LogP contribution in [0.2, 0.25) is 0 Å². The molecule has 1 aliphatic rings. The molecule has 1 amide bonds. The fourth-order valence-corrected chi connectivity index (χ4v) is 2.39. The summed E-state index contributed by atoms with van der Waals surface area (Å²) in [5.74, 6) is -0.533. The second kappa shape index (κ2) is 6.29. The number of hydrogen-bond acceptors (Lipinski definition) is 5. The van der Waals surface area contributed by atoms with Gasteiger partial charge in [-0.25, -0.2) is 0 Å². The molecule has 0 bridgehead atoms. The maximum absolute atomic E-state index is 12.2. The quantitative estimate of drug-likeness (QED) is 0.638. The Kier molecular flexibility index (Phi) is 4.69. The lowest BCUT2D eigenvalue weighted by atomic mass is 10.0. The van der Waals surface area contributed by atoms with Crippen molar-refractivity contribution in [2.45, 2.75) is 6.04 Å². The standard InChI is InChI=1S/C12H14BrN3O4/c1-14-11-6-20-5-8(11)12(17)15-10-4-7(16(18)19)2-3-9(10)13/h2-4,8,11,14H,5-6H2,1H3,(H,15,17). The number of nitro groups is 1. The van der Waals surface area contributed by atoms with Gasteiger partial charge in [0.15, 0.2) is 0 Å². The third-order valence-electron chi connectivity index (χ3n) is 3.21. The minimum absolute atomic E-state index is 0.0486. The van der Waals surface area contributed by atoms with Crippen LogP contribution in [0.1, 0.15) is 0 Å². The lowest BCUT2D eigenvalue weighted by Gasteiger charge is -2.16. The highest BCUT2D eigenvalue weighted by atomic mass is 79.9. The van der Waals surface area contributed by atoms with Crippen molar-refractivity contribution in [3.63, 3.8) is 0 Å². The van der Waals surface area contributed by atoms with Gasteiger partial charge in [0.1, 0.15) is 0 Å². The van der Waals surface area contributed by atoms with Gasteiger partial charge in [-0.3, -0.25) is 14.9 Å². The van der Waals surface area contributed by atoms with Crippen LogP contribution in [-0.4, -0.2) is 37.1 Å². The second-order valence-corrected chi connectivity index (χ2v) is 5.30. The van der Waals surface area contributed by atoms with Crippen molar-refractivity contribution in [3.8, 4) is 0 Å². The number of non-ortho nitro benzene ring substituents is 1. The van der Waals surface area contributed by atoms with Crippen LogP contribution >= 0.6 is 15.9 Å². The Morgan fingerprint density at radius 3 is 2.90 bits per heavy atom. The summed E-state index contributed by atoms with van der Waals surface area (Å²) in [7, 11) is 1.77. The van der Waals surface area contributed by atoms with E-state index in [2.05, 4.69) is 26.6 Å². The van der Waals surface area contributed by atoms with Gasteiger partial charge in [-0.2, -0.15) is 0 Å². The number of halogens is 1. The maximum Gasteiger partial charge on any atom is 0.271 e. The molecule has 1 heterocycles. The molecule has 8 heteroatoms. The first-order valence-electron chi connectivity index (χ1n) is 6.02. The number of ether oxygens (including phenoxy) is 1. The van der Waals surface area contributed by atoms with Crippen molar-refractivity contribution >= 4 is 33.2 Å². The molecule has 2 atom stereocenters. The van der Waals surface area contributed by atoms with Gasteiger partial charge in [0.05, 0.1) is 29.7 Å². The summed E-state index contributed by atoms with van der Waals surface area (Å²) in [4.78, 5) is 22.4. The topological polar surface area (TPSA) is 93.5 Å². The third kappa shape index (κ3) is 3.14. The van der Waals surface area contributed by atoms with Crippen molar-refractivity contribution in [1.82, 2.24) is 5.32 Å². The zero-order valence-corrected chi connectivity index (χ0v) is 12.3. The Morgan fingerprint density at radius 1 is 1.50 bits per heavy atom. The molecule has 2 unspecified atom stereocenters. The summed E-state index contributed by atoms with van der Waals surface area (Å²) in [6.45, 7) is 0.814. The van der Waals surface area contributed by atoms with E-state index >= 15 is 0 Å². The smallest absolute Gasteiger partial charge is 0.271 e.